The van der Waals surface area contributed by atoms with Crippen LogP contribution in [0.2, 0.25) is 0 Å². The lowest BCUT2D eigenvalue weighted by Crippen LogP contribution is -2.07. The van der Waals surface area contributed by atoms with Crippen LogP contribution >= 0.6 is 0 Å². The fourth-order valence-corrected chi connectivity index (χ4v) is 4.32. The van der Waals surface area contributed by atoms with Gasteiger partial charge in [-0.3, -0.25) is 0 Å². The van der Waals surface area contributed by atoms with Gasteiger partial charge in [-0.25, -0.2) is 0 Å². The highest BCUT2D eigenvalue weighted by Gasteiger charge is 2.17. The van der Waals surface area contributed by atoms with Crippen molar-refractivity contribution >= 4 is 0 Å². The highest BCUT2D eigenvalue weighted by atomic mass is 16.3. The van der Waals surface area contributed by atoms with E-state index in [1.54, 1.807) is 5.56 Å². The topological polar surface area (TPSA) is 20.2 Å². The zero-order valence-electron chi connectivity index (χ0n) is 19.5. The maximum Gasteiger partial charge on any atom is 0.119 e. The fraction of sp³-hybridized carbons (Fsp3) is 0.778. The van der Waals surface area contributed by atoms with Crippen LogP contribution in [0.25, 0.3) is 0 Å². The fourth-order valence-electron chi connectivity index (χ4n) is 4.32. The molecule has 0 unspecified atom stereocenters. The van der Waals surface area contributed by atoms with E-state index < -0.39 is 0 Å². The lowest BCUT2D eigenvalue weighted by atomic mass is 9.85. The van der Waals surface area contributed by atoms with E-state index in [9.17, 15) is 5.11 Å². The average Bonchev–Trinajstić information content (AvgIpc) is 2.70. The SMILES string of the molecule is CCCCCCCCCc1c(CCCC)cc(O)c(CCCC)c1CCCC. The van der Waals surface area contributed by atoms with Crippen molar-refractivity contribution < 1.29 is 5.11 Å². The van der Waals surface area contributed by atoms with E-state index in [0.29, 0.717) is 5.75 Å². The van der Waals surface area contributed by atoms with Gasteiger partial charge in [-0.1, -0.05) is 85.5 Å². The molecule has 0 aliphatic rings. The first-order valence-corrected chi connectivity index (χ1v) is 12.5. The molecular weight excluding hydrogens is 340 g/mol. The third-order valence-electron chi connectivity index (χ3n) is 6.13. The normalized spacial score (nSPS) is 11.3. The number of benzene rings is 1. The Bertz CT molecular complexity index is 517. The number of phenols is 1. The molecule has 0 spiro atoms. The average molecular weight is 389 g/mol. The van der Waals surface area contributed by atoms with Gasteiger partial charge in [0, 0.05) is 0 Å². The third-order valence-corrected chi connectivity index (χ3v) is 6.13. The Morgan fingerprint density at radius 1 is 0.500 bits per heavy atom. The summed E-state index contributed by atoms with van der Waals surface area (Å²) >= 11 is 0. The molecule has 1 heteroatoms. The maximum absolute atomic E-state index is 10.8. The van der Waals surface area contributed by atoms with Crippen molar-refractivity contribution in [3.63, 3.8) is 0 Å². The van der Waals surface area contributed by atoms with Crippen LogP contribution < -0.4 is 0 Å². The summed E-state index contributed by atoms with van der Waals surface area (Å²) in [6.45, 7) is 9.08. The Morgan fingerprint density at radius 2 is 0.964 bits per heavy atom. The van der Waals surface area contributed by atoms with E-state index in [1.807, 2.05) is 0 Å². The van der Waals surface area contributed by atoms with Crippen LogP contribution in [0.15, 0.2) is 6.07 Å². The predicted molar refractivity (Wildman–Crippen MR) is 126 cm³/mol. The van der Waals surface area contributed by atoms with Gasteiger partial charge in [-0.15, -0.1) is 0 Å². The molecule has 28 heavy (non-hydrogen) atoms. The van der Waals surface area contributed by atoms with Crippen LogP contribution in [0, 0.1) is 0 Å². The molecule has 1 aromatic rings. The Kier molecular flexibility index (Phi) is 14.2. The molecule has 0 fully saturated rings. The first-order valence-electron chi connectivity index (χ1n) is 12.5. The van der Waals surface area contributed by atoms with Gasteiger partial charge in [-0.2, -0.15) is 0 Å². The summed E-state index contributed by atoms with van der Waals surface area (Å²) in [5, 5.41) is 10.8. The molecule has 1 rings (SSSR count). The Hall–Kier alpha value is -0.980. The van der Waals surface area contributed by atoms with Gasteiger partial charge in [0.2, 0.25) is 0 Å². The Morgan fingerprint density at radius 3 is 1.57 bits per heavy atom. The van der Waals surface area contributed by atoms with Gasteiger partial charge in [0.15, 0.2) is 0 Å². The van der Waals surface area contributed by atoms with Gasteiger partial charge in [0.25, 0.3) is 0 Å². The molecule has 0 aliphatic heterocycles. The Balaban J connectivity index is 2.97. The first-order chi connectivity index (χ1) is 13.7. The minimum absolute atomic E-state index is 0.578. The molecule has 0 saturated heterocycles. The largest absolute Gasteiger partial charge is 0.508 e. The quantitative estimate of drug-likeness (QED) is 0.264. The monoisotopic (exact) mass is 388 g/mol. The predicted octanol–water partition coefficient (Wildman–Crippen LogP) is 8.71. The van der Waals surface area contributed by atoms with E-state index in [4.69, 9.17) is 0 Å². The minimum Gasteiger partial charge on any atom is -0.508 e. The summed E-state index contributed by atoms with van der Waals surface area (Å²) in [4.78, 5) is 0. The molecule has 0 bridgehead atoms. The van der Waals surface area contributed by atoms with Crippen LogP contribution in [0.3, 0.4) is 0 Å². The van der Waals surface area contributed by atoms with E-state index >= 15 is 0 Å². The molecule has 1 aromatic carbocycles. The second-order valence-electron chi connectivity index (χ2n) is 8.67. The lowest BCUT2D eigenvalue weighted by Gasteiger charge is -2.21. The number of aromatic hydroxyl groups is 1. The highest BCUT2D eigenvalue weighted by Crippen LogP contribution is 2.33. The number of aryl methyl sites for hydroxylation is 1. The molecular formula is C27H48O. The van der Waals surface area contributed by atoms with Crippen molar-refractivity contribution in [2.24, 2.45) is 0 Å². The van der Waals surface area contributed by atoms with Crippen LogP contribution in [0.5, 0.6) is 5.75 Å². The summed E-state index contributed by atoms with van der Waals surface area (Å²) in [5.74, 6) is 0.578. The van der Waals surface area contributed by atoms with Crippen LogP contribution in [-0.4, -0.2) is 5.11 Å². The van der Waals surface area contributed by atoms with Crippen LogP contribution in [0.1, 0.15) is 133 Å². The molecule has 0 amide bonds. The van der Waals surface area contributed by atoms with Crippen LogP contribution in [-0.2, 0) is 25.7 Å². The van der Waals surface area contributed by atoms with Crippen molar-refractivity contribution in [1.82, 2.24) is 0 Å². The summed E-state index contributed by atoms with van der Waals surface area (Å²) < 4.78 is 0. The van der Waals surface area contributed by atoms with Crippen LogP contribution in [0.4, 0.5) is 0 Å². The van der Waals surface area contributed by atoms with Gasteiger partial charge in [0.1, 0.15) is 5.75 Å². The third kappa shape index (κ3) is 9.01. The minimum atomic E-state index is 0.578. The van der Waals surface area contributed by atoms with E-state index in [0.717, 1.165) is 19.3 Å². The van der Waals surface area contributed by atoms with E-state index in [1.165, 1.54) is 107 Å². The smallest absolute Gasteiger partial charge is 0.119 e. The molecule has 0 saturated carbocycles. The molecule has 162 valence electrons. The zero-order chi connectivity index (χ0) is 20.6. The van der Waals surface area contributed by atoms with E-state index in [2.05, 4.69) is 33.8 Å². The summed E-state index contributed by atoms with van der Waals surface area (Å²) in [6.07, 6.45) is 21.4. The molecule has 1 nitrogen and oxygen atoms in total. The summed E-state index contributed by atoms with van der Waals surface area (Å²) in [5.41, 5.74) is 5.84. The molecule has 0 radical (unpaired) electrons. The van der Waals surface area contributed by atoms with Gasteiger partial charge in [0.05, 0.1) is 0 Å². The van der Waals surface area contributed by atoms with Crippen molar-refractivity contribution in [2.75, 3.05) is 0 Å². The number of phenolic OH excluding ortho intramolecular Hbond substituents is 1. The number of hydrogen-bond acceptors (Lipinski definition) is 1. The van der Waals surface area contributed by atoms with Crippen molar-refractivity contribution in [2.45, 2.75) is 137 Å². The van der Waals surface area contributed by atoms with Crippen molar-refractivity contribution in [1.29, 1.82) is 0 Å². The maximum atomic E-state index is 10.8. The van der Waals surface area contributed by atoms with E-state index in [-0.39, 0.29) is 0 Å². The Labute approximate surface area is 176 Å². The second kappa shape index (κ2) is 15.9. The highest BCUT2D eigenvalue weighted by molar-refractivity contribution is 5.50. The molecule has 0 atom stereocenters. The van der Waals surface area contributed by atoms with Gasteiger partial charge < -0.3 is 5.11 Å². The molecule has 0 heterocycles. The standard InChI is InChI=1S/C27H48O/c1-5-9-13-14-15-16-17-21-24-23(18-10-6-2)22-27(28)26(20-12-8-4)25(24)19-11-7-3/h22,28H,5-21H2,1-4H3. The zero-order valence-corrected chi connectivity index (χ0v) is 19.5. The van der Waals surface area contributed by atoms with Gasteiger partial charge in [-0.05, 0) is 79.7 Å². The first kappa shape index (κ1) is 25.1. The van der Waals surface area contributed by atoms with Crippen molar-refractivity contribution in [3.05, 3.63) is 28.3 Å². The lowest BCUT2D eigenvalue weighted by molar-refractivity contribution is 0.463. The summed E-state index contributed by atoms with van der Waals surface area (Å²) in [6, 6.07) is 2.13. The molecule has 0 aliphatic carbocycles. The number of rotatable bonds is 17. The number of hydrogen-bond donors (Lipinski definition) is 1. The molecule has 1 N–H and O–H groups in total. The van der Waals surface area contributed by atoms with Crippen molar-refractivity contribution in [3.8, 4) is 5.75 Å². The second-order valence-corrected chi connectivity index (χ2v) is 8.67. The number of unbranched alkanes of at least 4 members (excludes halogenated alkanes) is 9. The summed E-state index contributed by atoms with van der Waals surface area (Å²) in [7, 11) is 0. The van der Waals surface area contributed by atoms with Gasteiger partial charge >= 0.3 is 0 Å². The molecule has 0 aromatic heterocycles.